The minimum absolute atomic E-state index is 0.145. The third-order valence-corrected chi connectivity index (χ3v) is 4.10. The zero-order valence-corrected chi connectivity index (χ0v) is 14.4. The number of hydrogen-bond acceptors (Lipinski definition) is 4. The molecule has 1 N–H and O–H groups in total. The van der Waals surface area contributed by atoms with E-state index in [0.717, 1.165) is 16.3 Å². The second-order valence-corrected chi connectivity index (χ2v) is 5.98. The third-order valence-electron chi connectivity index (χ3n) is 4.10. The largest absolute Gasteiger partial charge is 0.573 e. The standard InChI is InChI=1S/C21H14F3N3O/c22-21(23,24)28-18-13-7-6-12-17(18)25-20-16-11-5-4-10-15(16)19(26-27-20)14-8-2-1-3-9-14/h1-13H,(H,25,27). The van der Waals surface area contributed by atoms with Gasteiger partial charge < -0.3 is 10.1 Å². The highest BCUT2D eigenvalue weighted by Crippen LogP contribution is 2.35. The van der Waals surface area contributed by atoms with Crippen LogP contribution >= 0.6 is 0 Å². The molecule has 0 aliphatic heterocycles. The van der Waals surface area contributed by atoms with E-state index in [-0.39, 0.29) is 11.4 Å². The topological polar surface area (TPSA) is 47.0 Å². The lowest BCUT2D eigenvalue weighted by molar-refractivity contribution is -0.274. The van der Waals surface area contributed by atoms with E-state index in [1.165, 1.54) is 18.2 Å². The van der Waals surface area contributed by atoms with Crippen molar-refractivity contribution in [3.05, 3.63) is 78.9 Å². The SMILES string of the molecule is FC(F)(F)Oc1ccccc1Nc1nnc(-c2ccccc2)c2ccccc12. The van der Waals surface area contributed by atoms with Gasteiger partial charge in [0, 0.05) is 16.3 Å². The molecule has 7 heteroatoms. The summed E-state index contributed by atoms with van der Waals surface area (Å²) >= 11 is 0. The summed E-state index contributed by atoms with van der Waals surface area (Å²) in [5, 5.41) is 13.0. The number of hydrogen-bond donors (Lipinski definition) is 1. The molecule has 0 bridgehead atoms. The number of nitrogens with zero attached hydrogens (tertiary/aromatic N) is 2. The average molecular weight is 381 g/mol. The van der Waals surface area contributed by atoms with Crippen molar-refractivity contribution in [2.24, 2.45) is 0 Å². The van der Waals surface area contributed by atoms with E-state index in [0.29, 0.717) is 11.5 Å². The van der Waals surface area contributed by atoms with Crippen LogP contribution in [0.3, 0.4) is 0 Å². The van der Waals surface area contributed by atoms with Gasteiger partial charge in [-0.05, 0) is 12.1 Å². The van der Waals surface area contributed by atoms with E-state index in [9.17, 15) is 13.2 Å². The highest BCUT2D eigenvalue weighted by Gasteiger charge is 2.32. The first-order valence-corrected chi connectivity index (χ1v) is 8.44. The summed E-state index contributed by atoms with van der Waals surface area (Å²) < 4.78 is 42.1. The molecule has 0 aliphatic carbocycles. The first-order chi connectivity index (χ1) is 13.5. The highest BCUT2D eigenvalue weighted by molar-refractivity contribution is 6.01. The maximum atomic E-state index is 12.7. The molecule has 0 atom stereocenters. The Bertz CT molecular complexity index is 1110. The molecule has 3 aromatic carbocycles. The highest BCUT2D eigenvalue weighted by atomic mass is 19.4. The van der Waals surface area contributed by atoms with Gasteiger partial charge in [-0.25, -0.2) is 0 Å². The van der Waals surface area contributed by atoms with Gasteiger partial charge in [-0.3, -0.25) is 0 Å². The lowest BCUT2D eigenvalue weighted by atomic mass is 10.0. The normalized spacial score (nSPS) is 11.4. The fourth-order valence-electron chi connectivity index (χ4n) is 2.92. The molecule has 0 fully saturated rings. The smallest absolute Gasteiger partial charge is 0.404 e. The van der Waals surface area contributed by atoms with Gasteiger partial charge in [0.15, 0.2) is 11.6 Å². The predicted octanol–water partition coefficient (Wildman–Crippen LogP) is 5.94. The van der Waals surface area contributed by atoms with Crippen molar-refractivity contribution in [3.8, 4) is 17.0 Å². The van der Waals surface area contributed by atoms with Crippen molar-refractivity contribution in [3.63, 3.8) is 0 Å². The molecule has 0 aliphatic rings. The van der Waals surface area contributed by atoms with Crippen molar-refractivity contribution in [2.45, 2.75) is 6.36 Å². The van der Waals surface area contributed by atoms with Gasteiger partial charge >= 0.3 is 6.36 Å². The minimum atomic E-state index is -4.79. The summed E-state index contributed by atoms with van der Waals surface area (Å²) in [6, 6.07) is 22.8. The van der Waals surface area contributed by atoms with Crippen molar-refractivity contribution < 1.29 is 17.9 Å². The van der Waals surface area contributed by atoms with Gasteiger partial charge in [0.1, 0.15) is 5.69 Å². The average Bonchev–Trinajstić information content (AvgIpc) is 2.69. The number of alkyl halides is 3. The first-order valence-electron chi connectivity index (χ1n) is 8.44. The number of halogens is 3. The van der Waals surface area contributed by atoms with E-state index in [2.05, 4.69) is 20.3 Å². The van der Waals surface area contributed by atoms with Crippen LogP contribution < -0.4 is 10.1 Å². The van der Waals surface area contributed by atoms with Crippen LogP contribution in [-0.4, -0.2) is 16.6 Å². The van der Waals surface area contributed by atoms with Crippen molar-refractivity contribution in [2.75, 3.05) is 5.32 Å². The van der Waals surface area contributed by atoms with Gasteiger partial charge in [-0.15, -0.1) is 23.4 Å². The Morgan fingerprint density at radius 2 is 1.36 bits per heavy atom. The van der Waals surface area contributed by atoms with Crippen LogP contribution in [0.5, 0.6) is 5.75 Å². The lowest BCUT2D eigenvalue weighted by Gasteiger charge is -2.15. The number of ether oxygens (including phenoxy) is 1. The number of anilines is 2. The molecule has 4 rings (SSSR count). The fraction of sp³-hybridized carbons (Fsp3) is 0.0476. The Balaban J connectivity index is 1.78. The molecule has 0 spiro atoms. The van der Waals surface area contributed by atoms with Gasteiger partial charge in [-0.2, -0.15) is 0 Å². The summed E-state index contributed by atoms with van der Waals surface area (Å²) in [6.07, 6.45) is -4.79. The van der Waals surface area contributed by atoms with Crippen LogP contribution in [0.1, 0.15) is 0 Å². The number of rotatable bonds is 4. The predicted molar refractivity (Wildman–Crippen MR) is 101 cm³/mol. The van der Waals surface area contributed by atoms with Crippen LogP contribution in [0.15, 0.2) is 78.9 Å². The Morgan fingerprint density at radius 3 is 2.11 bits per heavy atom. The molecule has 0 amide bonds. The third kappa shape index (κ3) is 3.73. The molecule has 0 unspecified atom stereocenters. The molecule has 1 heterocycles. The minimum Gasteiger partial charge on any atom is -0.404 e. The van der Waals surface area contributed by atoms with Crippen molar-refractivity contribution in [1.29, 1.82) is 0 Å². The van der Waals surface area contributed by atoms with Gasteiger partial charge in [0.2, 0.25) is 0 Å². The molecule has 4 aromatic rings. The van der Waals surface area contributed by atoms with Gasteiger partial charge in [0.25, 0.3) is 0 Å². The number of para-hydroxylation sites is 2. The molecule has 0 saturated carbocycles. The molecule has 1 aromatic heterocycles. The van der Waals surface area contributed by atoms with Gasteiger partial charge in [-0.1, -0.05) is 66.7 Å². The van der Waals surface area contributed by atoms with E-state index in [1.807, 2.05) is 54.6 Å². The van der Waals surface area contributed by atoms with Crippen LogP contribution in [0.4, 0.5) is 24.7 Å². The van der Waals surface area contributed by atoms with Crippen molar-refractivity contribution >= 4 is 22.3 Å². The first kappa shape index (κ1) is 17.8. The molecular formula is C21H14F3N3O. The van der Waals surface area contributed by atoms with Crippen LogP contribution in [0, 0.1) is 0 Å². The van der Waals surface area contributed by atoms with E-state index >= 15 is 0 Å². The zero-order chi connectivity index (χ0) is 19.6. The van der Waals surface area contributed by atoms with E-state index in [1.54, 1.807) is 6.07 Å². The quantitative estimate of drug-likeness (QED) is 0.475. The van der Waals surface area contributed by atoms with Crippen LogP contribution in [0.2, 0.25) is 0 Å². The molecule has 140 valence electrons. The maximum Gasteiger partial charge on any atom is 0.573 e. The molecule has 0 radical (unpaired) electrons. The Labute approximate surface area is 158 Å². The Kier molecular flexibility index (Phi) is 4.57. The molecular weight excluding hydrogens is 367 g/mol. The second-order valence-electron chi connectivity index (χ2n) is 5.98. The second kappa shape index (κ2) is 7.19. The number of nitrogens with one attached hydrogen (secondary N) is 1. The Hall–Kier alpha value is -3.61. The summed E-state index contributed by atoms with van der Waals surface area (Å²) in [7, 11) is 0. The molecule has 4 nitrogen and oxygen atoms in total. The van der Waals surface area contributed by atoms with E-state index < -0.39 is 6.36 Å². The molecule has 0 saturated heterocycles. The van der Waals surface area contributed by atoms with E-state index in [4.69, 9.17) is 0 Å². The number of benzene rings is 3. The fourth-order valence-corrected chi connectivity index (χ4v) is 2.92. The zero-order valence-electron chi connectivity index (χ0n) is 14.4. The monoisotopic (exact) mass is 381 g/mol. The van der Waals surface area contributed by atoms with Crippen LogP contribution in [-0.2, 0) is 0 Å². The summed E-state index contributed by atoms with van der Waals surface area (Å²) in [4.78, 5) is 0. The summed E-state index contributed by atoms with van der Waals surface area (Å²) in [6.45, 7) is 0. The Morgan fingerprint density at radius 1 is 0.714 bits per heavy atom. The lowest BCUT2D eigenvalue weighted by Crippen LogP contribution is -2.18. The van der Waals surface area contributed by atoms with Crippen LogP contribution in [0.25, 0.3) is 22.0 Å². The number of fused-ring (bicyclic) bond motifs is 1. The molecule has 28 heavy (non-hydrogen) atoms. The summed E-state index contributed by atoms with van der Waals surface area (Å²) in [5.74, 6) is 0.00141. The number of aromatic nitrogens is 2. The van der Waals surface area contributed by atoms with Crippen molar-refractivity contribution in [1.82, 2.24) is 10.2 Å². The maximum absolute atomic E-state index is 12.7. The summed E-state index contributed by atoms with van der Waals surface area (Å²) in [5.41, 5.74) is 1.74. The van der Waals surface area contributed by atoms with Gasteiger partial charge in [0.05, 0.1) is 5.69 Å².